The van der Waals surface area contributed by atoms with E-state index >= 15 is 0 Å². The maximum Gasteiger partial charge on any atom is 0.269 e. The van der Waals surface area contributed by atoms with Crippen LogP contribution < -0.4 is 11.1 Å². The van der Waals surface area contributed by atoms with Crippen molar-refractivity contribution in [3.63, 3.8) is 0 Å². The van der Waals surface area contributed by atoms with E-state index in [2.05, 4.69) is 19.2 Å². The number of benzene rings is 1. The number of carbonyl (C=O) groups is 1. The zero-order valence-corrected chi connectivity index (χ0v) is 14.0. The summed E-state index contributed by atoms with van der Waals surface area (Å²) in [7, 11) is 0. The van der Waals surface area contributed by atoms with Gasteiger partial charge in [0.15, 0.2) is 0 Å². The molecular weight excluding hydrogens is 306 g/mol. The second-order valence-electron chi connectivity index (χ2n) is 6.01. The minimum absolute atomic E-state index is 0. The largest absolute Gasteiger partial charge is 0.349 e. The fraction of sp³-hybridized carbons (Fsp3) is 0.533. The number of halogens is 1. The van der Waals surface area contributed by atoms with Crippen LogP contribution in [0.2, 0.25) is 0 Å². The van der Waals surface area contributed by atoms with Crippen molar-refractivity contribution in [2.45, 2.75) is 39.2 Å². The van der Waals surface area contributed by atoms with Crippen LogP contribution in [0.5, 0.6) is 0 Å². The minimum atomic E-state index is -0.468. The van der Waals surface area contributed by atoms with Crippen LogP contribution in [-0.2, 0) is 11.2 Å². The van der Waals surface area contributed by atoms with E-state index < -0.39 is 10.5 Å². The highest BCUT2D eigenvalue weighted by Gasteiger charge is 2.25. The molecule has 0 fully saturated rings. The van der Waals surface area contributed by atoms with Gasteiger partial charge in [0.05, 0.1) is 11.3 Å². The van der Waals surface area contributed by atoms with Gasteiger partial charge in [0, 0.05) is 24.2 Å². The fourth-order valence-corrected chi connectivity index (χ4v) is 2.43. The maximum absolute atomic E-state index is 12.1. The van der Waals surface area contributed by atoms with Gasteiger partial charge in [-0.05, 0) is 24.8 Å². The monoisotopic (exact) mass is 329 g/mol. The van der Waals surface area contributed by atoms with E-state index in [1.165, 1.54) is 12.1 Å². The number of carbonyl (C=O) groups excluding carboxylic acids is 1. The third-order valence-electron chi connectivity index (χ3n) is 3.24. The van der Waals surface area contributed by atoms with Gasteiger partial charge in [0.2, 0.25) is 5.91 Å². The molecule has 1 amide bonds. The Labute approximate surface area is 137 Å². The van der Waals surface area contributed by atoms with Crippen LogP contribution in [0, 0.1) is 16.0 Å². The SMILES string of the molecule is CC(C)CC(C)(CN)NC(=O)Cc1cccc([N+](=O)[O-])c1.Cl. The third-order valence-corrected chi connectivity index (χ3v) is 3.24. The Balaban J connectivity index is 0.00000441. The van der Waals surface area contributed by atoms with Crippen LogP contribution in [0.15, 0.2) is 24.3 Å². The molecule has 0 heterocycles. The molecule has 0 spiro atoms. The molecule has 0 radical (unpaired) electrons. The van der Waals surface area contributed by atoms with Crippen molar-refractivity contribution in [1.82, 2.24) is 5.32 Å². The van der Waals surface area contributed by atoms with E-state index in [-0.39, 0.29) is 30.4 Å². The molecule has 3 N–H and O–H groups in total. The summed E-state index contributed by atoms with van der Waals surface area (Å²) in [6.07, 6.45) is 0.888. The molecule has 6 nitrogen and oxygen atoms in total. The molecule has 1 aromatic rings. The number of nitro groups is 1. The van der Waals surface area contributed by atoms with Gasteiger partial charge in [-0.2, -0.15) is 0 Å². The molecule has 0 bridgehead atoms. The molecule has 22 heavy (non-hydrogen) atoms. The van der Waals surface area contributed by atoms with E-state index in [0.29, 0.717) is 18.0 Å². The molecular formula is C15H24ClN3O3. The summed E-state index contributed by atoms with van der Waals surface area (Å²) in [6.45, 7) is 6.41. The summed E-state index contributed by atoms with van der Waals surface area (Å²) in [5.41, 5.74) is 5.91. The van der Waals surface area contributed by atoms with Crippen molar-refractivity contribution < 1.29 is 9.72 Å². The zero-order valence-electron chi connectivity index (χ0n) is 13.2. The van der Waals surface area contributed by atoms with Crippen LogP contribution >= 0.6 is 12.4 Å². The Morgan fingerprint density at radius 2 is 2.09 bits per heavy atom. The summed E-state index contributed by atoms with van der Waals surface area (Å²) >= 11 is 0. The Bertz CT molecular complexity index is 523. The van der Waals surface area contributed by atoms with Gasteiger partial charge < -0.3 is 11.1 Å². The van der Waals surface area contributed by atoms with Gasteiger partial charge in [-0.15, -0.1) is 12.4 Å². The van der Waals surface area contributed by atoms with Crippen LogP contribution in [0.3, 0.4) is 0 Å². The van der Waals surface area contributed by atoms with E-state index in [9.17, 15) is 14.9 Å². The van der Waals surface area contributed by atoms with Crippen LogP contribution in [-0.4, -0.2) is 22.9 Å². The summed E-state index contributed by atoms with van der Waals surface area (Å²) in [5, 5.41) is 13.7. The summed E-state index contributed by atoms with van der Waals surface area (Å²) in [4.78, 5) is 22.4. The van der Waals surface area contributed by atoms with E-state index in [1.807, 2.05) is 6.92 Å². The number of amides is 1. The molecule has 1 rings (SSSR count). The van der Waals surface area contributed by atoms with Crippen molar-refractivity contribution in [3.8, 4) is 0 Å². The lowest BCUT2D eigenvalue weighted by atomic mass is 9.90. The van der Waals surface area contributed by atoms with Gasteiger partial charge in [-0.1, -0.05) is 26.0 Å². The Kier molecular flexibility index (Phi) is 8.05. The number of nitrogens with one attached hydrogen (secondary N) is 1. The lowest BCUT2D eigenvalue weighted by molar-refractivity contribution is -0.384. The van der Waals surface area contributed by atoms with Crippen molar-refractivity contribution in [2.75, 3.05) is 6.54 Å². The standard InChI is InChI=1S/C15H23N3O3.ClH/c1-11(2)9-15(3,10-16)17-14(19)8-12-5-4-6-13(7-12)18(20)21;/h4-7,11H,8-10,16H2,1-3H3,(H,17,19);1H. The Morgan fingerprint density at radius 1 is 1.45 bits per heavy atom. The number of nitrogens with zero attached hydrogens (tertiary/aromatic N) is 1. The lowest BCUT2D eigenvalue weighted by Crippen LogP contribution is -2.52. The molecule has 0 aliphatic carbocycles. The van der Waals surface area contributed by atoms with Crippen molar-refractivity contribution in [2.24, 2.45) is 11.7 Å². The molecule has 1 aromatic carbocycles. The maximum atomic E-state index is 12.1. The van der Waals surface area contributed by atoms with E-state index in [4.69, 9.17) is 5.73 Å². The van der Waals surface area contributed by atoms with Gasteiger partial charge in [0.25, 0.3) is 5.69 Å². The highest BCUT2D eigenvalue weighted by molar-refractivity contribution is 5.85. The van der Waals surface area contributed by atoms with Gasteiger partial charge >= 0.3 is 0 Å². The summed E-state index contributed by atoms with van der Waals surface area (Å²) in [6, 6.07) is 6.11. The topological polar surface area (TPSA) is 98.3 Å². The second-order valence-corrected chi connectivity index (χ2v) is 6.01. The van der Waals surface area contributed by atoms with E-state index in [1.54, 1.807) is 12.1 Å². The zero-order chi connectivity index (χ0) is 16.0. The highest BCUT2D eigenvalue weighted by Crippen LogP contribution is 2.17. The average Bonchev–Trinajstić information content (AvgIpc) is 2.37. The predicted octanol–water partition coefficient (Wildman–Crippen LogP) is 2.44. The first kappa shape index (κ1) is 20.3. The average molecular weight is 330 g/mol. The number of hydrogen-bond donors (Lipinski definition) is 2. The quantitative estimate of drug-likeness (QED) is 0.593. The van der Waals surface area contributed by atoms with Gasteiger partial charge in [0.1, 0.15) is 0 Å². The number of nitrogens with two attached hydrogens (primary N) is 1. The Morgan fingerprint density at radius 3 is 2.59 bits per heavy atom. The molecule has 1 atom stereocenters. The molecule has 7 heteroatoms. The Hall–Kier alpha value is -1.66. The van der Waals surface area contributed by atoms with Crippen LogP contribution in [0.1, 0.15) is 32.8 Å². The van der Waals surface area contributed by atoms with Gasteiger partial charge in [-0.3, -0.25) is 14.9 Å². The molecule has 0 aromatic heterocycles. The first-order valence-corrected chi connectivity index (χ1v) is 7.00. The molecule has 1 unspecified atom stereocenters. The van der Waals surface area contributed by atoms with Crippen molar-refractivity contribution in [3.05, 3.63) is 39.9 Å². The third kappa shape index (κ3) is 6.41. The first-order valence-electron chi connectivity index (χ1n) is 7.00. The van der Waals surface area contributed by atoms with Crippen LogP contribution in [0.4, 0.5) is 5.69 Å². The number of nitro benzene ring substituents is 1. The van der Waals surface area contributed by atoms with Crippen molar-refractivity contribution >= 4 is 24.0 Å². The normalized spacial score (nSPS) is 13.1. The number of rotatable bonds is 7. The molecule has 124 valence electrons. The molecule has 0 saturated heterocycles. The van der Waals surface area contributed by atoms with E-state index in [0.717, 1.165) is 6.42 Å². The second kappa shape index (κ2) is 8.70. The smallest absolute Gasteiger partial charge is 0.269 e. The highest BCUT2D eigenvalue weighted by atomic mass is 35.5. The minimum Gasteiger partial charge on any atom is -0.349 e. The molecule has 0 saturated carbocycles. The van der Waals surface area contributed by atoms with Crippen molar-refractivity contribution in [1.29, 1.82) is 0 Å². The fourth-order valence-electron chi connectivity index (χ4n) is 2.43. The molecule has 0 aliphatic heterocycles. The first-order chi connectivity index (χ1) is 9.75. The number of non-ortho nitro benzene ring substituents is 1. The lowest BCUT2D eigenvalue weighted by Gasteiger charge is -2.31. The van der Waals surface area contributed by atoms with Crippen LogP contribution in [0.25, 0.3) is 0 Å². The number of hydrogen-bond acceptors (Lipinski definition) is 4. The summed E-state index contributed by atoms with van der Waals surface area (Å²) in [5.74, 6) is 0.237. The predicted molar refractivity (Wildman–Crippen MR) is 89.1 cm³/mol. The van der Waals surface area contributed by atoms with Gasteiger partial charge in [-0.25, -0.2) is 0 Å². The molecule has 0 aliphatic rings. The summed E-state index contributed by atoms with van der Waals surface area (Å²) < 4.78 is 0.